The number of nitrogens with zero attached hydrogens (tertiary/aromatic N) is 2. The van der Waals surface area contributed by atoms with Crippen LogP contribution in [0.4, 0.5) is 5.69 Å². The summed E-state index contributed by atoms with van der Waals surface area (Å²) in [6.45, 7) is 4.02. The molecule has 7 heteroatoms. The van der Waals surface area contributed by atoms with Gasteiger partial charge in [-0.2, -0.15) is 4.31 Å². The maximum Gasteiger partial charge on any atom is 0.243 e. The Kier molecular flexibility index (Phi) is 5.36. The fraction of sp³-hybridized carbons (Fsp3) is 0.278. The molecule has 0 unspecified atom stereocenters. The first kappa shape index (κ1) is 17.8. The summed E-state index contributed by atoms with van der Waals surface area (Å²) in [5.74, 6) is 0. The number of thiocarbonyl (C=S) groups is 1. The molecule has 25 heavy (non-hydrogen) atoms. The third-order valence-electron chi connectivity index (χ3n) is 4.29. The third-order valence-corrected chi connectivity index (χ3v) is 6.57. The van der Waals surface area contributed by atoms with E-state index in [4.69, 9.17) is 12.2 Å². The van der Waals surface area contributed by atoms with Crippen molar-refractivity contribution in [1.29, 1.82) is 0 Å². The van der Waals surface area contributed by atoms with Gasteiger partial charge in [0.05, 0.1) is 4.90 Å². The number of sulfonamides is 1. The minimum atomic E-state index is -3.43. The van der Waals surface area contributed by atoms with Gasteiger partial charge >= 0.3 is 0 Å². The fourth-order valence-corrected chi connectivity index (χ4v) is 4.52. The topological polar surface area (TPSA) is 52.6 Å². The number of hydrogen-bond acceptors (Lipinski definition) is 3. The summed E-state index contributed by atoms with van der Waals surface area (Å²) in [6, 6.07) is 16.5. The molecule has 0 saturated carbocycles. The van der Waals surface area contributed by atoms with Crippen molar-refractivity contribution in [3.8, 4) is 0 Å². The molecule has 1 heterocycles. The average molecular weight is 376 g/mol. The number of hydrogen-bond donors (Lipinski definition) is 1. The van der Waals surface area contributed by atoms with E-state index in [0.717, 1.165) is 11.3 Å². The Hall–Kier alpha value is -1.96. The summed E-state index contributed by atoms with van der Waals surface area (Å²) in [7, 11) is -3.43. The second-order valence-corrected chi connectivity index (χ2v) is 8.27. The van der Waals surface area contributed by atoms with Crippen molar-refractivity contribution in [3.63, 3.8) is 0 Å². The third kappa shape index (κ3) is 4.00. The van der Waals surface area contributed by atoms with Crippen LogP contribution in [0.15, 0.2) is 59.5 Å². The Balaban J connectivity index is 1.62. The van der Waals surface area contributed by atoms with Crippen LogP contribution in [0.5, 0.6) is 0 Å². The first-order chi connectivity index (χ1) is 12.0. The van der Waals surface area contributed by atoms with E-state index in [9.17, 15) is 8.42 Å². The Bertz CT molecular complexity index is 846. The van der Waals surface area contributed by atoms with E-state index in [1.54, 1.807) is 24.3 Å². The first-order valence-corrected chi connectivity index (χ1v) is 10.00. The Morgan fingerprint density at radius 2 is 1.56 bits per heavy atom. The predicted molar refractivity (Wildman–Crippen MR) is 104 cm³/mol. The lowest BCUT2D eigenvalue weighted by Gasteiger charge is -2.35. The van der Waals surface area contributed by atoms with Crippen LogP contribution in [0.2, 0.25) is 0 Å². The van der Waals surface area contributed by atoms with Gasteiger partial charge in [-0.25, -0.2) is 8.42 Å². The van der Waals surface area contributed by atoms with E-state index >= 15 is 0 Å². The Labute approximate surface area is 154 Å². The van der Waals surface area contributed by atoms with Crippen LogP contribution in [0, 0.1) is 6.92 Å². The molecular weight excluding hydrogens is 354 g/mol. The molecule has 132 valence electrons. The number of aryl methyl sites for hydroxylation is 1. The van der Waals surface area contributed by atoms with Gasteiger partial charge in [0.25, 0.3) is 0 Å². The normalized spacial score (nSPS) is 15.8. The van der Waals surface area contributed by atoms with E-state index in [-0.39, 0.29) is 0 Å². The summed E-state index contributed by atoms with van der Waals surface area (Å²) in [5.41, 5.74) is 2.10. The summed E-state index contributed by atoms with van der Waals surface area (Å²) < 4.78 is 26.8. The zero-order valence-corrected chi connectivity index (χ0v) is 15.7. The highest BCUT2D eigenvalue weighted by Gasteiger charge is 2.29. The molecule has 1 aliphatic heterocycles. The molecule has 0 atom stereocenters. The van der Waals surface area contributed by atoms with Gasteiger partial charge in [0, 0.05) is 31.9 Å². The van der Waals surface area contributed by atoms with Crippen LogP contribution in [0.25, 0.3) is 0 Å². The molecule has 0 aliphatic carbocycles. The van der Waals surface area contributed by atoms with Gasteiger partial charge in [-0.05, 0) is 42.9 Å². The molecule has 0 spiro atoms. The maximum absolute atomic E-state index is 12.7. The highest BCUT2D eigenvalue weighted by molar-refractivity contribution is 7.89. The molecule has 1 aliphatic rings. The summed E-state index contributed by atoms with van der Waals surface area (Å²) in [5, 5.41) is 3.89. The first-order valence-electron chi connectivity index (χ1n) is 8.15. The Morgan fingerprint density at radius 1 is 0.960 bits per heavy atom. The van der Waals surface area contributed by atoms with E-state index in [2.05, 4.69) is 5.32 Å². The minimum absolute atomic E-state index is 0.337. The van der Waals surface area contributed by atoms with Crippen LogP contribution in [0.1, 0.15) is 5.56 Å². The monoisotopic (exact) mass is 375 g/mol. The van der Waals surface area contributed by atoms with E-state index in [0.29, 0.717) is 36.2 Å². The van der Waals surface area contributed by atoms with Crippen molar-refractivity contribution in [2.75, 3.05) is 31.5 Å². The van der Waals surface area contributed by atoms with E-state index in [1.807, 2.05) is 42.2 Å². The SMILES string of the molecule is Cc1ccccc1NC(=S)N1CCN(S(=O)(=O)c2ccccc2)CC1. The van der Waals surface area contributed by atoms with E-state index in [1.165, 1.54) is 4.31 Å². The second-order valence-electron chi connectivity index (χ2n) is 5.95. The highest BCUT2D eigenvalue weighted by Crippen LogP contribution is 2.18. The zero-order valence-electron chi connectivity index (χ0n) is 14.1. The summed E-state index contributed by atoms with van der Waals surface area (Å²) >= 11 is 5.49. The van der Waals surface area contributed by atoms with Crippen LogP contribution < -0.4 is 5.32 Å². The predicted octanol–water partition coefficient (Wildman–Crippen LogP) is 2.70. The molecule has 2 aromatic carbocycles. The lowest BCUT2D eigenvalue weighted by molar-refractivity contribution is 0.268. The van der Waals surface area contributed by atoms with Crippen molar-refractivity contribution in [1.82, 2.24) is 9.21 Å². The maximum atomic E-state index is 12.7. The van der Waals surface area contributed by atoms with Gasteiger partial charge in [-0.1, -0.05) is 36.4 Å². The molecule has 1 saturated heterocycles. The van der Waals surface area contributed by atoms with Crippen molar-refractivity contribution in [3.05, 3.63) is 60.2 Å². The largest absolute Gasteiger partial charge is 0.346 e. The minimum Gasteiger partial charge on any atom is -0.346 e. The molecule has 3 rings (SSSR count). The van der Waals surface area contributed by atoms with Crippen LogP contribution >= 0.6 is 12.2 Å². The van der Waals surface area contributed by atoms with Gasteiger partial charge < -0.3 is 10.2 Å². The smallest absolute Gasteiger partial charge is 0.243 e. The summed E-state index contributed by atoms with van der Waals surface area (Å²) in [6.07, 6.45) is 0. The van der Waals surface area contributed by atoms with Gasteiger partial charge in [0.15, 0.2) is 5.11 Å². The van der Waals surface area contributed by atoms with E-state index < -0.39 is 10.0 Å². The molecule has 1 fully saturated rings. The zero-order chi connectivity index (χ0) is 17.9. The molecule has 0 aromatic heterocycles. The quantitative estimate of drug-likeness (QED) is 0.836. The van der Waals surface area contributed by atoms with Gasteiger partial charge in [-0.15, -0.1) is 0 Å². The van der Waals surface area contributed by atoms with Gasteiger partial charge in [0.1, 0.15) is 0 Å². The number of para-hydroxylation sites is 1. The highest BCUT2D eigenvalue weighted by atomic mass is 32.2. The van der Waals surface area contributed by atoms with Crippen LogP contribution in [-0.2, 0) is 10.0 Å². The molecule has 0 amide bonds. The second kappa shape index (κ2) is 7.51. The number of anilines is 1. The number of nitrogens with one attached hydrogen (secondary N) is 1. The molecule has 0 radical (unpaired) electrons. The lowest BCUT2D eigenvalue weighted by atomic mass is 10.2. The Morgan fingerprint density at radius 3 is 2.20 bits per heavy atom. The van der Waals surface area contributed by atoms with Crippen LogP contribution in [-0.4, -0.2) is 48.9 Å². The number of piperazine rings is 1. The average Bonchev–Trinajstić information content (AvgIpc) is 2.64. The molecule has 5 nitrogen and oxygen atoms in total. The molecule has 1 N–H and O–H groups in total. The van der Waals surface area contributed by atoms with Gasteiger partial charge in [0.2, 0.25) is 10.0 Å². The van der Waals surface area contributed by atoms with Crippen molar-refractivity contribution in [2.45, 2.75) is 11.8 Å². The number of benzene rings is 2. The van der Waals surface area contributed by atoms with Crippen LogP contribution in [0.3, 0.4) is 0 Å². The molecular formula is C18H21N3O2S2. The van der Waals surface area contributed by atoms with Crippen molar-refractivity contribution < 1.29 is 8.42 Å². The van der Waals surface area contributed by atoms with Gasteiger partial charge in [-0.3, -0.25) is 0 Å². The standard InChI is InChI=1S/C18H21N3O2S2/c1-15-7-5-6-10-17(15)19-18(24)20-11-13-21(14-12-20)25(22,23)16-8-3-2-4-9-16/h2-10H,11-14H2,1H3,(H,19,24). The molecule has 0 bridgehead atoms. The fourth-order valence-electron chi connectivity index (χ4n) is 2.78. The lowest BCUT2D eigenvalue weighted by Crippen LogP contribution is -2.51. The summed E-state index contributed by atoms with van der Waals surface area (Å²) in [4.78, 5) is 2.35. The molecule has 2 aromatic rings. The van der Waals surface area contributed by atoms with Crippen molar-refractivity contribution >= 4 is 33.0 Å². The number of rotatable bonds is 3. The van der Waals surface area contributed by atoms with Crippen molar-refractivity contribution in [2.24, 2.45) is 0 Å².